The molecule has 1 amide bonds. The first-order valence-corrected chi connectivity index (χ1v) is 36.0. The van der Waals surface area contributed by atoms with Crippen LogP contribution < -0.4 is 5.32 Å². The number of carbonyl (C=O) groups is 2. The molecule has 0 aliphatic heterocycles. The molecule has 2 N–H and O–H groups in total. The lowest BCUT2D eigenvalue weighted by Crippen LogP contribution is -2.47. The standard InChI is InChI=1S/C75H129N2O7P/c1-7-10-13-16-19-22-25-28-30-32-34-36-37-38-39-41-43-45-47-50-53-56-59-62-65-68-75(79)84-73(66-63-60-57-54-51-48-27-24-21-18-15-12-9-3)72(71-83-85(80,81)82-70-69-77(4,5)6)76-74(78)67-64-61-58-55-52-49-46-44-42-40-35-33-31-29-26-23-20-17-14-11-8-2/h11,14,19-20,22-23,28-31,34-36,38-40,44,46,52,55,63,66,72-73H,7-10,12-13,15-18,21,24-27,32-33,37,41-43,45,47-51,53-54,56-62,64-65,67-71H2,1-6H3,(H-,76,78,80,81)/p+1/b14-11-,22-19-,23-20-,30-28-,31-29-,36-34-,39-38-,40-35-,46-44-,55-52-,66-63+. The van der Waals surface area contributed by atoms with E-state index in [1.54, 1.807) is 0 Å². The first kappa shape index (κ1) is 81.2. The highest BCUT2D eigenvalue weighted by atomic mass is 31.2. The Morgan fingerprint density at radius 3 is 1.16 bits per heavy atom. The number of quaternary nitrogens is 1. The van der Waals surface area contributed by atoms with E-state index in [4.69, 9.17) is 13.8 Å². The molecule has 0 heterocycles. The minimum Gasteiger partial charge on any atom is -0.456 e. The van der Waals surface area contributed by atoms with Gasteiger partial charge in [-0.1, -0.05) is 270 Å². The van der Waals surface area contributed by atoms with E-state index in [2.05, 4.69) is 148 Å². The third-order valence-electron chi connectivity index (χ3n) is 14.6. The number of ether oxygens (including phenoxy) is 1. The van der Waals surface area contributed by atoms with E-state index < -0.39 is 20.0 Å². The monoisotopic (exact) mass is 1200 g/mol. The third kappa shape index (κ3) is 64.5. The van der Waals surface area contributed by atoms with Gasteiger partial charge in [-0.05, 0) is 128 Å². The van der Waals surface area contributed by atoms with E-state index in [0.717, 1.165) is 122 Å². The molecule has 0 aliphatic rings. The van der Waals surface area contributed by atoms with Gasteiger partial charge in [0.1, 0.15) is 19.3 Å². The summed E-state index contributed by atoms with van der Waals surface area (Å²) in [7, 11) is 1.45. The van der Waals surface area contributed by atoms with Gasteiger partial charge in [0.05, 0.1) is 33.8 Å². The Morgan fingerprint density at radius 2 is 0.753 bits per heavy atom. The lowest BCUT2D eigenvalue weighted by atomic mass is 10.0. The van der Waals surface area contributed by atoms with Gasteiger partial charge in [0.2, 0.25) is 5.91 Å². The van der Waals surface area contributed by atoms with Gasteiger partial charge in [-0.2, -0.15) is 0 Å². The van der Waals surface area contributed by atoms with Crippen LogP contribution in [0.25, 0.3) is 0 Å². The van der Waals surface area contributed by atoms with Crippen LogP contribution in [-0.4, -0.2) is 74.3 Å². The number of unbranched alkanes of at least 4 members (excludes halogenated alkanes) is 25. The van der Waals surface area contributed by atoms with E-state index in [-0.39, 0.29) is 37.9 Å². The van der Waals surface area contributed by atoms with Crippen LogP contribution in [0.2, 0.25) is 0 Å². The van der Waals surface area contributed by atoms with E-state index >= 15 is 0 Å². The minimum absolute atomic E-state index is 0.0235. The molecule has 0 bridgehead atoms. The van der Waals surface area contributed by atoms with E-state index in [0.29, 0.717) is 17.4 Å². The topological polar surface area (TPSA) is 111 Å². The summed E-state index contributed by atoms with van der Waals surface area (Å²) in [5, 5.41) is 3.04. The number of phosphoric acid groups is 1. The van der Waals surface area contributed by atoms with Gasteiger partial charge in [0.25, 0.3) is 0 Å². The summed E-state index contributed by atoms with van der Waals surface area (Å²) in [5.74, 6) is -0.568. The number of hydrogen-bond donors (Lipinski definition) is 2. The number of rotatable bonds is 61. The Bertz CT molecular complexity index is 1920. The maximum absolute atomic E-state index is 13.6. The summed E-state index contributed by atoms with van der Waals surface area (Å²) in [5.41, 5.74) is 0. The van der Waals surface area contributed by atoms with Crippen LogP contribution in [0.3, 0.4) is 0 Å². The number of amides is 1. The van der Waals surface area contributed by atoms with Crippen LogP contribution in [0.4, 0.5) is 0 Å². The maximum atomic E-state index is 13.6. The second-order valence-electron chi connectivity index (χ2n) is 24.0. The molecular weight excluding hydrogens is 1070 g/mol. The smallest absolute Gasteiger partial charge is 0.456 e. The molecule has 0 fully saturated rings. The lowest BCUT2D eigenvalue weighted by Gasteiger charge is -2.27. The van der Waals surface area contributed by atoms with Gasteiger partial charge in [-0.15, -0.1) is 0 Å². The van der Waals surface area contributed by atoms with Crippen molar-refractivity contribution in [2.24, 2.45) is 0 Å². The highest BCUT2D eigenvalue weighted by Crippen LogP contribution is 2.43. The fraction of sp³-hybridized carbons (Fsp3) is 0.680. The molecule has 0 aromatic carbocycles. The molecule has 10 heteroatoms. The SMILES string of the molecule is CC/C=C\C/C=C\C/C=C\C/C=C\C/C=C\C/C=C\CCCCC(=O)NC(COP(=O)(O)OCC[N+](C)(C)C)C(/C=C/CCCCCCCCCCCCC)OC(=O)CCCCCCCCCCC/C=C\C/C=C\C/C=C\C/C=C\CCCCC. The van der Waals surface area contributed by atoms with Crippen molar-refractivity contribution in [1.29, 1.82) is 0 Å². The molecule has 0 spiro atoms. The molecule has 0 rings (SSSR count). The van der Waals surface area contributed by atoms with E-state index in [9.17, 15) is 19.0 Å². The third-order valence-corrected chi connectivity index (χ3v) is 15.6. The molecule has 0 aliphatic carbocycles. The highest BCUT2D eigenvalue weighted by molar-refractivity contribution is 7.47. The predicted molar refractivity (Wildman–Crippen MR) is 369 cm³/mol. The van der Waals surface area contributed by atoms with Crippen LogP contribution in [0.1, 0.15) is 278 Å². The largest absolute Gasteiger partial charge is 0.472 e. The van der Waals surface area contributed by atoms with Gasteiger partial charge in [0, 0.05) is 12.8 Å². The van der Waals surface area contributed by atoms with Crippen molar-refractivity contribution in [2.45, 2.75) is 290 Å². The number of hydrogen-bond acceptors (Lipinski definition) is 6. The van der Waals surface area contributed by atoms with Crippen LogP contribution in [-0.2, 0) is 27.9 Å². The Hall–Kier alpha value is -3.85. The van der Waals surface area contributed by atoms with E-state index in [1.807, 2.05) is 33.3 Å². The maximum Gasteiger partial charge on any atom is 0.472 e. The Kier molecular flexibility index (Phi) is 60.3. The van der Waals surface area contributed by atoms with Crippen molar-refractivity contribution in [3.05, 3.63) is 134 Å². The second kappa shape index (κ2) is 63.2. The molecule has 486 valence electrons. The fourth-order valence-corrected chi connectivity index (χ4v) is 10.0. The second-order valence-corrected chi connectivity index (χ2v) is 25.4. The van der Waals surface area contributed by atoms with Crippen molar-refractivity contribution >= 4 is 19.7 Å². The normalized spacial score (nSPS) is 14.4. The average Bonchev–Trinajstić information content (AvgIpc) is 3.50. The summed E-state index contributed by atoms with van der Waals surface area (Å²) in [6, 6.07) is -0.885. The van der Waals surface area contributed by atoms with Gasteiger partial charge >= 0.3 is 13.8 Å². The number of nitrogens with one attached hydrogen (secondary N) is 1. The number of nitrogens with zero attached hydrogens (tertiary/aromatic N) is 1. The molecular formula is C75H130N2O7P+. The minimum atomic E-state index is -4.48. The lowest BCUT2D eigenvalue weighted by molar-refractivity contribution is -0.870. The Labute approximate surface area is 524 Å². The van der Waals surface area contributed by atoms with Crippen molar-refractivity contribution in [3.8, 4) is 0 Å². The van der Waals surface area contributed by atoms with Crippen LogP contribution >= 0.6 is 7.82 Å². The zero-order chi connectivity index (χ0) is 62.1. The van der Waals surface area contributed by atoms with Crippen molar-refractivity contribution in [2.75, 3.05) is 40.9 Å². The van der Waals surface area contributed by atoms with Crippen LogP contribution in [0.5, 0.6) is 0 Å². The van der Waals surface area contributed by atoms with E-state index in [1.165, 1.54) is 116 Å². The zero-order valence-electron chi connectivity index (χ0n) is 55.6. The van der Waals surface area contributed by atoms with Crippen LogP contribution in [0.15, 0.2) is 134 Å². The summed E-state index contributed by atoms with van der Waals surface area (Å²) in [6.45, 7) is 6.83. The summed E-state index contributed by atoms with van der Waals surface area (Å²) in [4.78, 5) is 37.9. The average molecular weight is 1200 g/mol. The zero-order valence-corrected chi connectivity index (χ0v) is 56.4. The quantitative estimate of drug-likeness (QED) is 0.0205. The number of likely N-dealkylation sites (N-methyl/N-ethyl adjacent to an activating group) is 1. The predicted octanol–water partition coefficient (Wildman–Crippen LogP) is 22.0. The number of allylic oxidation sites excluding steroid dienone is 21. The number of esters is 1. The van der Waals surface area contributed by atoms with Gasteiger partial charge in [-0.3, -0.25) is 18.6 Å². The molecule has 0 radical (unpaired) electrons. The molecule has 0 saturated carbocycles. The highest BCUT2D eigenvalue weighted by Gasteiger charge is 2.30. The van der Waals surface area contributed by atoms with Crippen LogP contribution in [0, 0.1) is 0 Å². The summed E-state index contributed by atoms with van der Waals surface area (Å²) >= 11 is 0. The Morgan fingerprint density at radius 1 is 0.424 bits per heavy atom. The molecule has 3 atom stereocenters. The molecule has 85 heavy (non-hydrogen) atoms. The first-order valence-electron chi connectivity index (χ1n) is 34.5. The Balaban J connectivity index is 5.26. The molecule has 0 saturated heterocycles. The fourth-order valence-electron chi connectivity index (χ4n) is 9.28. The molecule has 0 aromatic heterocycles. The molecule has 3 unspecified atom stereocenters. The van der Waals surface area contributed by atoms with Crippen molar-refractivity contribution < 1.29 is 37.3 Å². The number of phosphoric ester groups is 1. The first-order chi connectivity index (χ1) is 41.4. The van der Waals surface area contributed by atoms with Gasteiger partial charge in [0.15, 0.2) is 0 Å². The summed E-state index contributed by atoms with van der Waals surface area (Å²) < 4.78 is 30.8. The molecule has 9 nitrogen and oxygen atoms in total. The number of carbonyl (C=O) groups excluding carboxylic acids is 2. The van der Waals surface area contributed by atoms with Gasteiger partial charge in [-0.25, -0.2) is 4.57 Å². The summed E-state index contributed by atoms with van der Waals surface area (Å²) in [6.07, 6.45) is 90.3. The molecule has 0 aromatic rings. The van der Waals surface area contributed by atoms with Crippen molar-refractivity contribution in [3.63, 3.8) is 0 Å². The van der Waals surface area contributed by atoms with Crippen molar-refractivity contribution in [1.82, 2.24) is 5.32 Å². The van der Waals surface area contributed by atoms with Gasteiger partial charge < -0.3 is 19.4 Å².